The highest BCUT2D eigenvalue weighted by Gasteiger charge is 2.14. The Hall–Kier alpha value is -2.24. The van der Waals surface area contributed by atoms with Crippen molar-refractivity contribution in [1.82, 2.24) is 10.2 Å². The van der Waals surface area contributed by atoms with Gasteiger partial charge in [-0.25, -0.2) is 0 Å². The first-order chi connectivity index (χ1) is 9.90. The largest absolute Gasteiger partial charge is 0.482 e. The van der Waals surface area contributed by atoms with E-state index in [-0.39, 0.29) is 25.0 Å². The topological polar surface area (TPSA) is 84.7 Å². The molecular weight excluding hydrogens is 270 g/mol. The molecule has 0 unspecified atom stereocenters. The molecule has 0 fully saturated rings. The SMILES string of the molecule is CC(C)CNC(=O)CN(C)C(=O)COc1ccccc1N. The van der Waals surface area contributed by atoms with Gasteiger partial charge in [-0.2, -0.15) is 0 Å². The van der Waals surface area contributed by atoms with E-state index in [1.807, 2.05) is 13.8 Å². The Labute approximate surface area is 125 Å². The van der Waals surface area contributed by atoms with E-state index in [1.54, 1.807) is 31.3 Å². The second-order valence-electron chi connectivity index (χ2n) is 5.27. The molecule has 0 saturated heterocycles. The minimum Gasteiger partial charge on any atom is -0.482 e. The van der Waals surface area contributed by atoms with Crippen molar-refractivity contribution in [3.8, 4) is 5.75 Å². The predicted molar refractivity (Wildman–Crippen MR) is 81.8 cm³/mol. The monoisotopic (exact) mass is 293 g/mol. The number of amides is 2. The number of para-hydroxylation sites is 2. The average molecular weight is 293 g/mol. The molecule has 0 aliphatic carbocycles. The number of anilines is 1. The number of hydrogen-bond donors (Lipinski definition) is 2. The summed E-state index contributed by atoms with van der Waals surface area (Å²) in [7, 11) is 1.56. The van der Waals surface area contributed by atoms with Crippen molar-refractivity contribution in [2.45, 2.75) is 13.8 Å². The molecule has 0 bridgehead atoms. The smallest absolute Gasteiger partial charge is 0.260 e. The molecule has 0 spiro atoms. The van der Waals surface area contributed by atoms with Gasteiger partial charge in [-0.05, 0) is 18.1 Å². The van der Waals surface area contributed by atoms with Crippen molar-refractivity contribution in [3.05, 3.63) is 24.3 Å². The highest BCUT2D eigenvalue weighted by molar-refractivity contribution is 5.85. The fourth-order valence-corrected chi connectivity index (χ4v) is 1.54. The number of ether oxygens (including phenoxy) is 1. The van der Waals surface area contributed by atoms with Gasteiger partial charge in [-0.3, -0.25) is 9.59 Å². The summed E-state index contributed by atoms with van der Waals surface area (Å²) in [4.78, 5) is 24.8. The van der Waals surface area contributed by atoms with Crippen LogP contribution in [0, 0.1) is 5.92 Å². The summed E-state index contributed by atoms with van der Waals surface area (Å²) in [5, 5.41) is 2.76. The molecule has 0 atom stereocenters. The number of hydrogen-bond acceptors (Lipinski definition) is 4. The second kappa shape index (κ2) is 8.14. The van der Waals surface area contributed by atoms with Gasteiger partial charge >= 0.3 is 0 Å². The van der Waals surface area contributed by atoms with E-state index in [0.29, 0.717) is 23.9 Å². The number of nitrogen functional groups attached to an aromatic ring is 1. The van der Waals surface area contributed by atoms with Crippen LogP contribution in [0.5, 0.6) is 5.75 Å². The molecular formula is C15H23N3O3. The van der Waals surface area contributed by atoms with Gasteiger partial charge in [0.1, 0.15) is 5.75 Å². The highest BCUT2D eigenvalue weighted by Crippen LogP contribution is 2.19. The van der Waals surface area contributed by atoms with E-state index in [9.17, 15) is 9.59 Å². The summed E-state index contributed by atoms with van der Waals surface area (Å²) < 4.78 is 5.35. The number of likely N-dealkylation sites (N-methyl/N-ethyl adjacent to an activating group) is 1. The van der Waals surface area contributed by atoms with Gasteiger partial charge in [0.2, 0.25) is 5.91 Å². The van der Waals surface area contributed by atoms with Crippen molar-refractivity contribution in [2.75, 3.05) is 32.5 Å². The van der Waals surface area contributed by atoms with E-state index in [0.717, 1.165) is 0 Å². The molecule has 1 aromatic rings. The Morgan fingerprint density at radius 2 is 2.00 bits per heavy atom. The number of carbonyl (C=O) groups excluding carboxylic acids is 2. The normalized spacial score (nSPS) is 10.3. The quantitative estimate of drug-likeness (QED) is 0.731. The summed E-state index contributed by atoms with van der Waals surface area (Å²) in [6.45, 7) is 4.47. The third kappa shape index (κ3) is 6.16. The molecule has 116 valence electrons. The van der Waals surface area contributed by atoms with Gasteiger partial charge < -0.3 is 20.7 Å². The maximum Gasteiger partial charge on any atom is 0.260 e. The first kappa shape index (κ1) is 16.8. The molecule has 0 heterocycles. The van der Waals surface area contributed by atoms with Crippen LogP contribution < -0.4 is 15.8 Å². The fraction of sp³-hybridized carbons (Fsp3) is 0.467. The lowest BCUT2D eigenvalue weighted by atomic mass is 10.2. The van der Waals surface area contributed by atoms with Crippen LogP contribution in [0.25, 0.3) is 0 Å². The molecule has 2 amide bonds. The molecule has 6 nitrogen and oxygen atoms in total. The zero-order valence-electron chi connectivity index (χ0n) is 12.8. The summed E-state index contributed by atoms with van der Waals surface area (Å²) in [5.74, 6) is 0.375. The molecule has 1 aromatic carbocycles. The number of benzene rings is 1. The number of nitrogens with one attached hydrogen (secondary N) is 1. The zero-order chi connectivity index (χ0) is 15.8. The van der Waals surface area contributed by atoms with Crippen LogP contribution >= 0.6 is 0 Å². The zero-order valence-corrected chi connectivity index (χ0v) is 12.8. The van der Waals surface area contributed by atoms with Crippen LogP contribution in [-0.2, 0) is 9.59 Å². The lowest BCUT2D eigenvalue weighted by molar-refractivity contribution is -0.136. The molecule has 21 heavy (non-hydrogen) atoms. The van der Waals surface area contributed by atoms with Gasteiger partial charge in [0.15, 0.2) is 6.61 Å². The minimum atomic E-state index is -0.280. The first-order valence-electron chi connectivity index (χ1n) is 6.88. The van der Waals surface area contributed by atoms with Crippen molar-refractivity contribution < 1.29 is 14.3 Å². The highest BCUT2D eigenvalue weighted by atomic mass is 16.5. The number of nitrogens with zero attached hydrogens (tertiary/aromatic N) is 1. The summed E-state index contributed by atoms with van der Waals surface area (Å²) >= 11 is 0. The minimum absolute atomic E-state index is 0.0131. The number of rotatable bonds is 7. The Morgan fingerprint density at radius 1 is 1.33 bits per heavy atom. The second-order valence-corrected chi connectivity index (χ2v) is 5.27. The molecule has 3 N–H and O–H groups in total. The average Bonchev–Trinajstić information content (AvgIpc) is 2.43. The van der Waals surface area contributed by atoms with Gasteiger partial charge in [0, 0.05) is 13.6 Å². The molecule has 6 heteroatoms. The van der Waals surface area contributed by atoms with Crippen molar-refractivity contribution >= 4 is 17.5 Å². The Morgan fingerprint density at radius 3 is 2.62 bits per heavy atom. The lowest BCUT2D eigenvalue weighted by Crippen LogP contribution is -2.41. The summed E-state index contributed by atoms with van der Waals surface area (Å²) in [6, 6.07) is 6.95. The third-order valence-electron chi connectivity index (χ3n) is 2.78. The van der Waals surface area contributed by atoms with Gasteiger partial charge in [-0.1, -0.05) is 26.0 Å². The molecule has 0 aliphatic rings. The maximum atomic E-state index is 11.9. The Balaban J connectivity index is 2.38. The predicted octanol–water partition coefficient (Wildman–Crippen LogP) is 0.878. The van der Waals surface area contributed by atoms with Crippen LogP contribution in [0.1, 0.15) is 13.8 Å². The van der Waals surface area contributed by atoms with Crippen molar-refractivity contribution in [3.63, 3.8) is 0 Å². The third-order valence-corrected chi connectivity index (χ3v) is 2.78. The molecule has 0 aliphatic heterocycles. The van der Waals surface area contributed by atoms with Crippen molar-refractivity contribution in [1.29, 1.82) is 0 Å². The lowest BCUT2D eigenvalue weighted by Gasteiger charge is -2.18. The molecule has 0 saturated carbocycles. The van der Waals surface area contributed by atoms with Crippen molar-refractivity contribution in [2.24, 2.45) is 5.92 Å². The standard InChI is InChI=1S/C15H23N3O3/c1-11(2)8-17-14(19)9-18(3)15(20)10-21-13-7-5-4-6-12(13)16/h4-7,11H,8-10,16H2,1-3H3,(H,17,19). The van der Waals surface area contributed by atoms with Gasteiger partial charge in [0.05, 0.1) is 12.2 Å². The van der Waals surface area contributed by atoms with E-state index < -0.39 is 0 Å². The van der Waals surface area contributed by atoms with Crippen LogP contribution in [0.4, 0.5) is 5.69 Å². The first-order valence-corrected chi connectivity index (χ1v) is 6.88. The summed E-state index contributed by atoms with van der Waals surface area (Å²) in [6.07, 6.45) is 0. The number of nitrogens with two attached hydrogens (primary N) is 1. The van der Waals surface area contributed by atoms with E-state index in [2.05, 4.69) is 5.32 Å². The van der Waals surface area contributed by atoms with Crippen LogP contribution in [-0.4, -0.2) is 43.5 Å². The summed E-state index contributed by atoms with van der Waals surface area (Å²) in [5.41, 5.74) is 6.19. The Bertz CT molecular complexity index is 489. The molecule has 1 rings (SSSR count). The van der Waals surface area contributed by atoms with E-state index in [1.165, 1.54) is 4.90 Å². The number of carbonyl (C=O) groups is 2. The molecule has 0 radical (unpaired) electrons. The van der Waals surface area contributed by atoms with E-state index in [4.69, 9.17) is 10.5 Å². The Kier molecular flexibility index (Phi) is 6.52. The van der Waals surface area contributed by atoms with Gasteiger partial charge in [-0.15, -0.1) is 0 Å². The van der Waals surface area contributed by atoms with Gasteiger partial charge in [0.25, 0.3) is 5.91 Å². The van der Waals surface area contributed by atoms with Crippen LogP contribution in [0.15, 0.2) is 24.3 Å². The van der Waals surface area contributed by atoms with Crippen LogP contribution in [0.2, 0.25) is 0 Å². The van der Waals surface area contributed by atoms with Crippen LogP contribution in [0.3, 0.4) is 0 Å². The molecule has 0 aromatic heterocycles. The maximum absolute atomic E-state index is 11.9. The van der Waals surface area contributed by atoms with E-state index >= 15 is 0 Å². The fourth-order valence-electron chi connectivity index (χ4n) is 1.54.